The predicted octanol–water partition coefficient (Wildman–Crippen LogP) is 3.66. The maximum absolute atomic E-state index is 12.2. The SMILES string of the molecule is CC1(C)OC(=O)C(=Cc2ccc(Br)cc2N2CCCCC2)C(=O)O1. The van der Waals surface area contributed by atoms with Gasteiger partial charge in [-0.3, -0.25) is 0 Å². The number of carbonyl (C=O) groups is 2. The number of ether oxygens (including phenoxy) is 2. The molecule has 2 fully saturated rings. The van der Waals surface area contributed by atoms with Gasteiger partial charge < -0.3 is 14.4 Å². The van der Waals surface area contributed by atoms with Crippen LogP contribution in [-0.4, -0.2) is 30.8 Å². The normalized spacial score (nSPS) is 20.5. The summed E-state index contributed by atoms with van der Waals surface area (Å²) in [6.45, 7) is 5.01. The smallest absolute Gasteiger partial charge is 0.348 e. The molecular weight excluding hydrogens is 374 g/mol. The van der Waals surface area contributed by atoms with Crippen molar-refractivity contribution in [3.63, 3.8) is 0 Å². The molecule has 2 saturated heterocycles. The average Bonchev–Trinajstić information content (AvgIpc) is 2.52. The van der Waals surface area contributed by atoms with Gasteiger partial charge in [-0.25, -0.2) is 9.59 Å². The molecule has 2 aliphatic heterocycles. The van der Waals surface area contributed by atoms with Crippen LogP contribution in [-0.2, 0) is 19.1 Å². The molecule has 0 aliphatic carbocycles. The summed E-state index contributed by atoms with van der Waals surface area (Å²) in [4.78, 5) is 26.6. The zero-order valence-electron chi connectivity index (χ0n) is 13.8. The molecule has 0 atom stereocenters. The fraction of sp³-hybridized carbons (Fsp3) is 0.444. The Hall–Kier alpha value is -1.82. The second kappa shape index (κ2) is 6.59. The molecule has 0 bridgehead atoms. The van der Waals surface area contributed by atoms with Crippen LogP contribution in [0.3, 0.4) is 0 Å². The number of hydrogen-bond acceptors (Lipinski definition) is 5. The molecule has 128 valence electrons. The van der Waals surface area contributed by atoms with E-state index in [9.17, 15) is 9.59 Å². The third-order valence-electron chi connectivity index (χ3n) is 4.11. The van der Waals surface area contributed by atoms with Crippen molar-refractivity contribution in [2.75, 3.05) is 18.0 Å². The van der Waals surface area contributed by atoms with Crippen molar-refractivity contribution in [2.45, 2.75) is 38.9 Å². The molecule has 6 heteroatoms. The molecule has 0 aromatic heterocycles. The highest BCUT2D eigenvalue weighted by Crippen LogP contribution is 2.31. The van der Waals surface area contributed by atoms with Gasteiger partial charge in [0.15, 0.2) is 0 Å². The van der Waals surface area contributed by atoms with Gasteiger partial charge in [0.05, 0.1) is 0 Å². The van der Waals surface area contributed by atoms with Gasteiger partial charge in [-0.1, -0.05) is 22.0 Å². The zero-order chi connectivity index (χ0) is 17.3. The number of esters is 2. The van der Waals surface area contributed by atoms with Crippen molar-refractivity contribution in [2.24, 2.45) is 0 Å². The van der Waals surface area contributed by atoms with E-state index in [2.05, 4.69) is 20.8 Å². The van der Waals surface area contributed by atoms with E-state index in [-0.39, 0.29) is 5.57 Å². The van der Waals surface area contributed by atoms with Gasteiger partial charge in [0.2, 0.25) is 0 Å². The lowest BCUT2D eigenvalue weighted by atomic mass is 10.0. The lowest BCUT2D eigenvalue weighted by Crippen LogP contribution is -2.41. The summed E-state index contributed by atoms with van der Waals surface area (Å²) < 4.78 is 11.3. The molecule has 0 radical (unpaired) electrons. The summed E-state index contributed by atoms with van der Waals surface area (Å²) in [5, 5.41) is 0. The molecule has 5 nitrogen and oxygen atoms in total. The maximum atomic E-state index is 12.2. The van der Waals surface area contributed by atoms with Crippen LogP contribution < -0.4 is 4.90 Å². The monoisotopic (exact) mass is 393 g/mol. The summed E-state index contributed by atoms with van der Waals surface area (Å²) in [6.07, 6.45) is 5.08. The van der Waals surface area contributed by atoms with Gasteiger partial charge in [-0.2, -0.15) is 0 Å². The number of benzene rings is 1. The van der Waals surface area contributed by atoms with Crippen LogP contribution in [0.4, 0.5) is 5.69 Å². The average molecular weight is 394 g/mol. The topological polar surface area (TPSA) is 55.8 Å². The van der Waals surface area contributed by atoms with Crippen molar-refractivity contribution in [3.8, 4) is 0 Å². The Labute approximate surface area is 149 Å². The summed E-state index contributed by atoms with van der Waals surface area (Å²) in [5.41, 5.74) is 1.74. The van der Waals surface area contributed by atoms with E-state index in [1.165, 1.54) is 6.42 Å². The lowest BCUT2D eigenvalue weighted by Gasteiger charge is -2.31. The van der Waals surface area contributed by atoms with Gasteiger partial charge in [-0.05, 0) is 43.0 Å². The molecule has 1 aromatic carbocycles. The summed E-state index contributed by atoms with van der Waals surface area (Å²) in [5.74, 6) is -2.52. The first-order chi connectivity index (χ1) is 11.4. The van der Waals surface area contributed by atoms with E-state index >= 15 is 0 Å². The van der Waals surface area contributed by atoms with Crippen LogP contribution in [0.2, 0.25) is 0 Å². The Morgan fingerprint density at radius 3 is 2.33 bits per heavy atom. The van der Waals surface area contributed by atoms with Crippen LogP contribution in [0.25, 0.3) is 6.08 Å². The van der Waals surface area contributed by atoms with Crippen LogP contribution in [0.15, 0.2) is 28.2 Å². The number of halogens is 1. The van der Waals surface area contributed by atoms with Crippen LogP contribution in [0, 0.1) is 0 Å². The lowest BCUT2D eigenvalue weighted by molar-refractivity contribution is -0.222. The number of piperidine rings is 1. The second-order valence-electron chi connectivity index (χ2n) is 6.49. The zero-order valence-corrected chi connectivity index (χ0v) is 15.4. The Kier molecular flexibility index (Phi) is 4.67. The quantitative estimate of drug-likeness (QED) is 0.435. The van der Waals surface area contributed by atoms with Gasteiger partial charge in [-0.15, -0.1) is 0 Å². The Morgan fingerprint density at radius 2 is 1.71 bits per heavy atom. The third-order valence-corrected chi connectivity index (χ3v) is 4.60. The molecule has 24 heavy (non-hydrogen) atoms. The fourth-order valence-corrected chi connectivity index (χ4v) is 3.33. The van der Waals surface area contributed by atoms with Gasteiger partial charge >= 0.3 is 11.9 Å². The number of anilines is 1. The molecule has 2 aliphatic rings. The number of rotatable bonds is 2. The van der Waals surface area contributed by atoms with Crippen molar-refractivity contribution in [1.82, 2.24) is 0 Å². The van der Waals surface area contributed by atoms with E-state index in [0.717, 1.165) is 41.7 Å². The van der Waals surface area contributed by atoms with E-state index in [1.54, 1.807) is 19.9 Å². The van der Waals surface area contributed by atoms with Crippen LogP contribution in [0.1, 0.15) is 38.7 Å². The standard InChI is InChI=1S/C18H20BrNO4/c1-18(2)23-16(21)14(17(22)24-18)10-12-6-7-13(19)11-15(12)20-8-4-3-5-9-20/h6-7,10-11H,3-5,8-9H2,1-2H3. The minimum Gasteiger partial charge on any atom is -0.419 e. The first-order valence-electron chi connectivity index (χ1n) is 8.09. The Balaban J connectivity index is 1.97. The molecule has 1 aromatic rings. The van der Waals surface area contributed by atoms with Crippen molar-refractivity contribution < 1.29 is 19.1 Å². The predicted molar refractivity (Wildman–Crippen MR) is 94.4 cm³/mol. The van der Waals surface area contributed by atoms with E-state index in [0.29, 0.717) is 0 Å². The van der Waals surface area contributed by atoms with Crippen molar-refractivity contribution in [3.05, 3.63) is 33.8 Å². The molecule has 3 rings (SSSR count). The molecule has 0 N–H and O–H groups in total. The highest BCUT2D eigenvalue weighted by Gasteiger charge is 2.39. The first-order valence-corrected chi connectivity index (χ1v) is 8.88. The molecule has 2 heterocycles. The number of hydrogen-bond donors (Lipinski definition) is 0. The Morgan fingerprint density at radius 1 is 1.08 bits per heavy atom. The highest BCUT2D eigenvalue weighted by atomic mass is 79.9. The highest BCUT2D eigenvalue weighted by molar-refractivity contribution is 9.10. The summed E-state index contributed by atoms with van der Waals surface area (Å²) in [7, 11) is 0. The summed E-state index contributed by atoms with van der Waals surface area (Å²) in [6, 6.07) is 5.80. The number of cyclic esters (lactones) is 2. The van der Waals surface area contributed by atoms with E-state index in [4.69, 9.17) is 9.47 Å². The van der Waals surface area contributed by atoms with Crippen LogP contribution >= 0.6 is 15.9 Å². The maximum Gasteiger partial charge on any atom is 0.348 e. The van der Waals surface area contributed by atoms with Crippen LogP contribution in [0.5, 0.6) is 0 Å². The molecule has 0 spiro atoms. The van der Waals surface area contributed by atoms with Crippen molar-refractivity contribution in [1.29, 1.82) is 0 Å². The number of nitrogens with zero attached hydrogens (tertiary/aromatic N) is 1. The third kappa shape index (κ3) is 3.64. The summed E-state index contributed by atoms with van der Waals surface area (Å²) >= 11 is 3.50. The number of carbonyl (C=O) groups excluding carboxylic acids is 2. The molecule has 0 unspecified atom stereocenters. The largest absolute Gasteiger partial charge is 0.419 e. The van der Waals surface area contributed by atoms with E-state index in [1.807, 2.05) is 18.2 Å². The first kappa shape index (κ1) is 17.0. The minimum absolute atomic E-state index is 0.0742. The van der Waals surface area contributed by atoms with Gasteiger partial charge in [0.25, 0.3) is 5.79 Å². The van der Waals surface area contributed by atoms with Gasteiger partial charge in [0, 0.05) is 37.1 Å². The van der Waals surface area contributed by atoms with Crippen molar-refractivity contribution >= 4 is 39.6 Å². The molecule has 0 amide bonds. The fourth-order valence-electron chi connectivity index (χ4n) is 2.98. The molecule has 0 saturated carbocycles. The van der Waals surface area contributed by atoms with E-state index < -0.39 is 17.7 Å². The second-order valence-corrected chi connectivity index (χ2v) is 7.40. The Bertz CT molecular complexity index is 683. The minimum atomic E-state index is -1.22. The molecular formula is C18H20BrNO4. The van der Waals surface area contributed by atoms with Gasteiger partial charge in [0.1, 0.15) is 5.57 Å².